The third kappa shape index (κ3) is 3.62. The van der Waals surface area contributed by atoms with E-state index >= 15 is 0 Å². The quantitative estimate of drug-likeness (QED) is 0.786. The van der Waals surface area contributed by atoms with Crippen LogP contribution in [0.15, 0.2) is 12.1 Å². The molecule has 0 heterocycles. The van der Waals surface area contributed by atoms with Crippen molar-refractivity contribution in [3.63, 3.8) is 0 Å². The summed E-state index contributed by atoms with van der Waals surface area (Å²) >= 11 is 6.14. The molecule has 1 fully saturated rings. The number of ether oxygens (including phenoxy) is 1. The molecule has 1 saturated carbocycles. The number of benzene rings is 1. The van der Waals surface area contributed by atoms with Gasteiger partial charge in [0.2, 0.25) is 0 Å². The molecule has 0 aromatic heterocycles. The van der Waals surface area contributed by atoms with E-state index in [0.717, 1.165) is 41.8 Å². The van der Waals surface area contributed by atoms with Crippen molar-refractivity contribution in [2.24, 2.45) is 0 Å². The zero-order chi connectivity index (χ0) is 12.3. The first kappa shape index (κ1) is 12.7. The Morgan fingerprint density at radius 3 is 2.82 bits per heavy atom. The third-order valence-electron chi connectivity index (χ3n) is 3.19. The predicted molar refractivity (Wildman–Crippen MR) is 72.1 cm³/mol. The summed E-state index contributed by atoms with van der Waals surface area (Å²) < 4.78 is 5.39. The van der Waals surface area contributed by atoms with E-state index in [1.165, 1.54) is 18.4 Å². The molecule has 0 atom stereocenters. The van der Waals surface area contributed by atoms with Crippen LogP contribution in [0, 0.1) is 6.92 Å². The minimum Gasteiger partial charge on any atom is -0.496 e. The van der Waals surface area contributed by atoms with Crippen LogP contribution in [0.4, 0.5) is 0 Å². The molecule has 1 aromatic rings. The van der Waals surface area contributed by atoms with Gasteiger partial charge >= 0.3 is 0 Å². The van der Waals surface area contributed by atoms with Gasteiger partial charge in [-0.2, -0.15) is 0 Å². The Balaban J connectivity index is 1.90. The fraction of sp³-hybridized carbons (Fsp3) is 0.571. The van der Waals surface area contributed by atoms with Crippen LogP contribution in [0.3, 0.4) is 0 Å². The molecular formula is C14H20ClNO. The number of halogens is 1. The molecule has 0 spiro atoms. The maximum absolute atomic E-state index is 6.14. The summed E-state index contributed by atoms with van der Waals surface area (Å²) in [5, 5.41) is 4.35. The van der Waals surface area contributed by atoms with Crippen molar-refractivity contribution in [3.8, 4) is 5.75 Å². The first-order chi connectivity index (χ1) is 8.20. The molecule has 0 unspecified atom stereocenters. The van der Waals surface area contributed by atoms with E-state index in [2.05, 4.69) is 5.32 Å². The molecule has 0 radical (unpaired) electrons. The number of rotatable bonds is 6. The van der Waals surface area contributed by atoms with Crippen LogP contribution in [-0.4, -0.2) is 19.7 Å². The van der Waals surface area contributed by atoms with E-state index in [1.807, 2.05) is 19.1 Å². The van der Waals surface area contributed by atoms with Gasteiger partial charge in [0, 0.05) is 11.1 Å². The lowest BCUT2D eigenvalue weighted by Gasteiger charge is -2.11. The molecule has 0 amide bonds. The van der Waals surface area contributed by atoms with E-state index in [9.17, 15) is 0 Å². The summed E-state index contributed by atoms with van der Waals surface area (Å²) in [6.07, 6.45) is 4.84. The first-order valence-corrected chi connectivity index (χ1v) is 6.65. The Bertz CT molecular complexity index is 388. The van der Waals surface area contributed by atoms with Crippen LogP contribution in [0.2, 0.25) is 5.02 Å². The highest BCUT2D eigenvalue weighted by Gasteiger charge is 2.19. The molecule has 94 valence electrons. The molecule has 0 aliphatic heterocycles. The van der Waals surface area contributed by atoms with Gasteiger partial charge in [-0.3, -0.25) is 0 Å². The number of methoxy groups -OCH3 is 1. The zero-order valence-electron chi connectivity index (χ0n) is 10.6. The van der Waals surface area contributed by atoms with Gasteiger partial charge in [-0.05, 0) is 62.4 Å². The molecule has 1 N–H and O–H groups in total. The maximum Gasteiger partial charge on any atom is 0.122 e. The summed E-state index contributed by atoms with van der Waals surface area (Å²) in [4.78, 5) is 0. The van der Waals surface area contributed by atoms with Gasteiger partial charge in [0.25, 0.3) is 0 Å². The van der Waals surface area contributed by atoms with Crippen molar-refractivity contribution in [2.75, 3.05) is 13.7 Å². The van der Waals surface area contributed by atoms with Crippen LogP contribution in [0.1, 0.15) is 30.4 Å². The maximum atomic E-state index is 6.14. The van der Waals surface area contributed by atoms with Crippen LogP contribution >= 0.6 is 11.6 Å². The van der Waals surface area contributed by atoms with Crippen molar-refractivity contribution >= 4 is 11.6 Å². The second kappa shape index (κ2) is 5.74. The molecule has 3 heteroatoms. The Hall–Kier alpha value is -0.730. The minimum atomic E-state index is 0.790. The van der Waals surface area contributed by atoms with Crippen molar-refractivity contribution in [3.05, 3.63) is 28.3 Å². The molecule has 1 aliphatic rings. The van der Waals surface area contributed by atoms with E-state index in [-0.39, 0.29) is 0 Å². The van der Waals surface area contributed by atoms with Crippen molar-refractivity contribution < 1.29 is 4.74 Å². The average molecular weight is 254 g/mol. The van der Waals surface area contributed by atoms with Crippen LogP contribution in [0.25, 0.3) is 0 Å². The molecule has 0 saturated heterocycles. The second-order valence-corrected chi connectivity index (χ2v) is 5.15. The fourth-order valence-electron chi connectivity index (χ4n) is 1.95. The topological polar surface area (TPSA) is 21.3 Å². The predicted octanol–water partition coefficient (Wildman–Crippen LogP) is 3.34. The summed E-state index contributed by atoms with van der Waals surface area (Å²) in [7, 11) is 1.72. The Kier molecular flexibility index (Phi) is 4.30. The number of nitrogens with one attached hydrogen (secondary N) is 1. The smallest absolute Gasteiger partial charge is 0.122 e. The van der Waals surface area contributed by atoms with Crippen LogP contribution in [0.5, 0.6) is 5.75 Å². The number of aryl methyl sites for hydroxylation is 2. The van der Waals surface area contributed by atoms with Crippen molar-refractivity contribution in [1.82, 2.24) is 5.32 Å². The van der Waals surface area contributed by atoms with Crippen LogP contribution < -0.4 is 10.1 Å². The molecule has 1 aromatic carbocycles. The van der Waals surface area contributed by atoms with Crippen molar-refractivity contribution in [2.45, 2.75) is 38.6 Å². The Morgan fingerprint density at radius 2 is 2.18 bits per heavy atom. The van der Waals surface area contributed by atoms with Gasteiger partial charge in [0.1, 0.15) is 5.75 Å². The minimum absolute atomic E-state index is 0.790. The number of hydrogen-bond donors (Lipinski definition) is 1. The van der Waals surface area contributed by atoms with E-state index in [0.29, 0.717) is 0 Å². The van der Waals surface area contributed by atoms with Crippen molar-refractivity contribution in [1.29, 1.82) is 0 Å². The lowest BCUT2D eigenvalue weighted by atomic mass is 10.1. The highest BCUT2D eigenvalue weighted by Crippen LogP contribution is 2.27. The largest absolute Gasteiger partial charge is 0.496 e. The molecule has 17 heavy (non-hydrogen) atoms. The standard InChI is InChI=1S/C14H20ClNO/c1-10-8-14(17-2)11(9-13(10)15)4-3-7-16-12-5-6-12/h8-9,12,16H,3-7H2,1-2H3. The summed E-state index contributed by atoms with van der Waals surface area (Å²) in [5.41, 5.74) is 2.28. The molecule has 2 nitrogen and oxygen atoms in total. The van der Waals surface area contributed by atoms with Gasteiger partial charge < -0.3 is 10.1 Å². The van der Waals surface area contributed by atoms with E-state index in [4.69, 9.17) is 16.3 Å². The fourth-order valence-corrected chi connectivity index (χ4v) is 2.14. The second-order valence-electron chi connectivity index (χ2n) is 4.75. The van der Waals surface area contributed by atoms with Gasteiger partial charge in [-0.1, -0.05) is 11.6 Å². The average Bonchev–Trinajstić information content (AvgIpc) is 3.12. The van der Waals surface area contributed by atoms with Gasteiger partial charge in [0.15, 0.2) is 0 Å². The summed E-state index contributed by atoms with van der Waals surface area (Å²) in [6, 6.07) is 4.84. The molecule has 2 rings (SSSR count). The SMILES string of the molecule is COc1cc(C)c(Cl)cc1CCCNC1CC1. The van der Waals surface area contributed by atoms with Gasteiger partial charge in [-0.15, -0.1) is 0 Å². The highest BCUT2D eigenvalue weighted by molar-refractivity contribution is 6.31. The molecular weight excluding hydrogens is 234 g/mol. The van der Waals surface area contributed by atoms with Gasteiger partial charge in [-0.25, -0.2) is 0 Å². The lowest BCUT2D eigenvalue weighted by Crippen LogP contribution is -2.17. The Morgan fingerprint density at radius 1 is 1.41 bits per heavy atom. The highest BCUT2D eigenvalue weighted by atomic mass is 35.5. The lowest BCUT2D eigenvalue weighted by molar-refractivity contribution is 0.408. The van der Waals surface area contributed by atoms with E-state index in [1.54, 1.807) is 7.11 Å². The first-order valence-electron chi connectivity index (χ1n) is 6.27. The molecule has 1 aliphatic carbocycles. The Labute approximate surface area is 108 Å². The monoisotopic (exact) mass is 253 g/mol. The van der Waals surface area contributed by atoms with E-state index < -0.39 is 0 Å². The zero-order valence-corrected chi connectivity index (χ0v) is 11.3. The summed E-state index contributed by atoms with van der Waals surface area (Å²) in [6.45, 7) is 3.09. The third-order valence-corrected chi connectivity index (χ3v) is 3.60. The van der Waals surface area contributed by atoms with Crippen LogP contribution in [-0.2, 0) is 6.42 Å². The molecule has 0 bridgehead atoms. The summed E-state index contributed by atoms with van der Waals surface area (Å²) in [5.74, 6) is 0.957. The van der Waals surface area contributed by atoms with Gasteiger partial charge in [0.05, 0.1) is 7.11 Å². The number of hydrogen-bond acceptors (Lipinski definition) is 2. The normalized spacial score (nSPS) is 15.0.